The fourth-order valence-electron chi connectivity index (χ4n) is 2.18. The molecule has 0 unspecified atom stereocenters. The molecule has 1 atom stereocenters. The molecule has 0 spiro atoms. The monoisotopic (exact) mass is 395 g/mol. The number of anilines is 1. The van der Waals surface area contributed by atoms with Gasteiger partial charge in [0.15, 0.2) is 17.6 Å². The number of carbonyl (C=O) groups is 2. The van der Waals surface area contributed by atoms with E-state index in [4.69, 9.17) is 25.8 Å². The number of ether oxygens (including phenoxy) is 3. The van der Waals surface area contributed by atoms with E-state index in [-0.39, 0.29) is 16.3 Å². The van der Waals surface area contributed by atoms with Crippen LogP contribution in [0.5, 0.6) is 11.5 Å². The average Bonchev–Trinajstić information content (AvgIpc) is 2.64. The van der Waals surface area contributed by atoms with E-state index in [1.54, 1.807) is 13.0 Å². The number of nitrogens with one attached hydrogen (secondary N) is 1. The van der Waals surface area contributed by atoms with Crippen LogP contribution in [0.3, 0.4) is 0 Å². The number of rotatable bonds is 7. The molecule has 0 aromatic heterocycles. The Morgan fingerprint density at radius 3 is 2.56 bits per heavy atom. The second kappa shape index (κ2) is 9.23. The molecule has 0 bridgehead atoms. The summed E-state index contributed by atoms with van der Waals surface area (Å²) in [7, 11) is 1.48. The molecule has 0 saturated carbocycles. The van der Waals surface area contributed by atoms with Gasteiger partial charge in [0.1, 0.15) is 5.82 Å². The first-order valence-corrected chi connectivity index (χ1v) is 8.51. The van der Waals surface area contributed by atoms with Gasteiger partial charge in [-0.2, -0.15) is 0 Å². The Hall–Kier alpha value is -2.80. The zero-order valence-corrected chi connectivity index (χ0v) is 15.8. The van der Waals surface area contributed by atoms with Crippen LogP contribution >= 0.6 is 11.6 Å². The van der Waals surface area contributed by atoms with E-state index in [0.29, 0.717) is 18.1 Å². The molecule has 0 heterocycles. The third kappa shape index (κ3) is 5.34. The summed E-state index contributed by atoms with van der Waals surface area (Å²) < 4.78 is 29.5. The van der Waals surface area contributed by atoms with Gasteiger partial charge in [-0.05, 0) is 50.2 Å². The van der Waals surface area contributed by atoms with Crippen molar-refractivity contribution < 1.29 is 28.2 Å². The molecule has 2 rings (SSSR count). The Bertz CT molecular complexity index is 843. The van der Waals surface area contributed by atoms with Crippen molar-refractivity contribution in [2.75, 3.05) is 19.0 Å². The van der Waals surface area contributed by atoms with Gasteiger partial charge in [0, 0.05) is 5.02 Å². The first-order chi connectivity index (χ1) is 12.8. The SMILES string of the molecule is CCOc1cc(C(=O)O[C@H](C)C(=O)Nc2ccc(Cl)cc2F)ccc1OC. The lowest BCUT2D eigenvalue weighted by Gasteiger charge is -2.15. The van der Waals surface area contributed by atoms with Crippen molar-refractivity contribution in [2.24, 2.45) is 0 Å². The van der Waals surface area contributed by atoms with Crippen LogP contribution in [-0.2, 0) is 9.53 Å². The topological polar surface area (TPSA) is 73.9 Å². The van der Waals surface area contributed by atoms with Gasteiger partial charge in [-0.25, -0.2) is 9.18 Å². The molecule has 1 N–H and O–H groups in total. The summed E-state index contributed by atoms with van der Waals surface area (Å²) in [6.07, 6.45) is -1.15. The highest BCUT2D eigenvalue weighted by atomic mass is 35.5. The molecule has 144 valence electrons. The molecule has 0 aliphatic rings. The lowest BCUT2D eigenvalue weighted by molar-refractivity contribution is -0.123. The lowest BCUT2D eigenvalue weighted by Crippen LogP contribution is -2.30. The van der Waals surface area contributed by atoms with Gasteiger partial charge in [-0.15, -0.1) is 0 Å². The lowest BCUT2D eigenvalue weighted by atomic mass is 10.2. The van der Waals surface area contributed by atoms with Gasteiger partial charge >= 0.3 is 5.97 Å². The maximum Gasteiger partial charge on any atom is 0.339 e. The highest BCUT2D eigenvalue weighted by Crippen LogP contribution is 2.28. The number of hydrogen-bond donors (Lipinski definition) is 1. The van der Waals surface area contributed by atoms with Crippen molar-refractivity contribution in [3.8, 4) is 11.5 Å². The second-order valence-electron chi connectivity index (χ2n) is 5.46. The number of halogens is 2. The van der Waals surface area contributed by atoms with Crippen LogP contribution in [-0.4, -0.2) is 31.7 Å². The van der Waals surface area contributed by atoms with Gasteiger partial charge in [0.05, 0.1) is 25.0 Å². The van der Waals surface area contributed by atoms with Crippen LogP contribution in [0.1, 0.15) is 24.2 Å². The van der Waals surface area contributed by atoms with Gasteiger partial charge in [-0.3, -0.25) is 4.79 Å². The Balaban J connectivity index is 2.06. The van der Waals surface area contributed by atoms with Gasteiger partial charge in [-0.1, -0.05) is 11.6 Å². The predicted octanol–water partition coefficient (Wildman–Crippen LogP) is 4.07. The van der Waals surface area contributed by atoms with Crippen LogP contribution < -0.4 is 14.8 Å². The summed E-state index contributed by atoms with van der Waals surface area (Å²) in [6, 6.07) is 8.35. The summed E-state index contributed by atoms with van der Waals surface area (Å²) in [6.45, 7) is 3.57. The second-order valence-corrected chi connectivity index (χ2v) is 5.90. The number of carbonyl (C=O) groups excluding carboxylic acids is 2. The average molecular weight is 396 g/mol. The Morgan fingerprint density at radius 1 is 1.19 bits per heavy atom. The van der Waals surface area contributed by atoms with E-state index >= 15 is 0 Å². The summed E-state index contributed by atoms with van der Waals surface area (Å²) in [4.78, 5) is 24.4. The Kier molecular flexibility index (Phi) is 7.01. The van der Waals surface area contributed by atoms with Crippen molar-refractivity contribution >= 4 is 29.2 Å². The molecule has 6 nitrogen and oxygen atoms in total. The molecule has 0 saturated heterocycles. The van der Waals surface area contributed by atoms with Crippen LogP contribution in [0.25, 0.3) is 0 Å². The fourth-order valence-corrected chi connectivity index (χ4v) is 2.34. The summed E-state index contributed by atoms with van der Waals surface area (Å²) >= 11 is 5.67. The molecular weight excluding hydrogens is 377 g/mol. The Morgan fingerprint density at radius 2 is 1.93 bits per heavy atom. The maximum absolute atomic E-state index is 13.8. The first kappa shape index (κ1) is 20.5. The van der Waals surface area contributed by atoms with Crippen molar-refractivity contribution in [3.05, 3.63) is 52.8 Å². The quantitative estimate of drug-likeness (QED) is 0.715. The van der Waals surface area contributed by atoms with Crippen molar-refractivity contribution in [1.29, 1.82) is 0 Å². The molecule has 0 aliphatic carbocycles. The molecule has 8 heteroatoms. The molecule has 27 heavy (non-hydrogen) atoms. The molecule has 0 fully saturated rings. The zero-order valence-electron chi connectivity index (χ0n) is 15.0. The highest BCUT2D eigenvalue weighted by Gasteiger charge is 2.21. The number of amides is 1. The van der Waals surface area contributed by atoms with E-state index in [1.807, 2.05) is 0 Å². The Labute approximate surface area is 161 Å². The number of benzene rings is 2. The number of hydrogen-bond acceptors (Lipinski definition) is 5. The summed E-state index contributed by atoms with van der Waals surface area (Å²) in [5, 5.41) is 2.55. The predicted molar refractivity (Wildman–Crippen MR) is 99.1 cm³/mol. The number of esters is 1. The molecule has 1 amide bonds. The van der Waals surface area contributed by atoms with Crippen LogP contribution in [0.4, 0.5) is 10.1 Å². The fraction of sp³-hybridized carbons (Fsp3) is 0.263. The van der Waals surface area contributed by atoms with Gasteiger partial charge in [0.25, 0.3) is 5.91 Å². The van der Waals surface area contributed by atoms with E-state index in [2.05, 4.69) is 5.32 Å². The molecule has 2 aromatic rings. The van der Waals surface area contributed by atoms with Crippen molar-refractivity contribution in [3.63, 3.8) is 0 Å². The maximum atomic E-state index is 13.8. The van der Waals surface area contributed by atoms with E-state index in [9.17, 15) is 14.0 Å². The zero-order chi connectivity index (χ0) is 20.0. The highest BCUT2D eigenvalue weighted by molar-refractivity contribution is 6.30. The molecule has 2 aromatic carbocycles. The van der Waals surface area contributed by atoms with Crippen LogP contribution in [0, 0.1) is 5.82 Å². The normalized spacial score (nSPS) is 11.4. The smallest absolute Gasteiger partial charge is 0.339 e. The van der Waals surface area contributed by atoms with E-state index in [0.717, 1.165) is 6.07 Å². The summed E-state index contributed by atoms with van der Waals surface area (Å²) in [5.74, 6) is -1.24. The largest absolute Gasteiger partial charge is 0.493 e. The van der Waals surface area contributed by atoms with Crippen molar-refractivity contribution in [1.82, 2.24) is 0 Å². The summed E-state index contributed by atoms with van der Waals surface area (Å²) in [5.41, 5.74) is 0.131. The minimum absolute atomic E-state index is 0.0598. The van der Waals surface area contributed by atoms with Gasteiger partial charge < -0.3 is 19.5 Å². The van der Waals surface area contributed by atoms with Gasteiger partial charge in [0.2, 0.25) is 0 Å². The molecule has 0 aliphatic heterocycles. The van der Waals surface area contributed by atoms with E-state index in [1.165, 1.54) is 38.3 Å². The van der Waals surface area contributed by atoms with Crippen molar-refractivity contribution in [2.45, 2.75) is 20.0 Å². The van der Waals surface area contributed by atoms with Crippen LogP contribution in [0.15, 0.2) is 36.4 Å². The van der Waals surface area contributed by atoms with E-state index < -0.39 is 23.8 Å². The van der Waals surface area contributed by atoms with Crippen LogP contribution in [0.2, 0.25) is 5.02 Å². The minimum atomic E-state index is -1.15. The minimum Gasteiger partial charge on any atom is -0.493 e. The first-order valence-electron chi connectivity index (χ1n) is 8.13. The molecular formula is C19H19ClFNO5. The number of methoxy groups -OCH3 is 1. The molecule has 0 radical (unpaired) electrons. The third-order valence-electron chi connectivity index (χ3n) is 3.54. The standard InChI is InChI=1S/C19H19ClFNO5/c1-4-26-17-9-12(5-8-16(17)25-3)19(24)27-11(2)18(23)22-15-7-6-13(20)10-14(15)21/h5-11H,4H2,1-3H3,(H,22,23)/t11-/m1/s1. The third-order valence-corrected chi connectivity index (χ3v) is 3.78.